The minimum Gasteiger partial charge on any atom is -0.496 e. The Hall–Kier alpha value is -2.82. The van der Waals surface area contributed by atoms with E-state index in [2.05, 4.69) is 17.5 Å². The second kappa shape index (κ2) is 8.87. The minimum absolute atomic E-state index is 0.0799. The molecule has 0 bridgehead atoms. The first-order valence-corrected chi connectivity index (χ1v) is 8.23. The summed E-state index contributed by atoms with van der Waals surface area (Å²) in [6, 6.07) is 11.5. The lowest BCUT2D eigenvalue weighted by Crippen LogP contribution is -2.24. The van der Waals surface area contributed by atoms with E-state index in [0.29, 0.717) is 5.75 Å². The summed E-state index contributed by atoms with van der Waals surface area (Å²) in [5, 5.41) is 3.99. The lowest BCUT2D eigenvalue weighted by Gasteiger charge is -2.09. The van der Waals surface area contributed by atoms with Gasteiger partial charge in [-0.1, -0.05) is 19.1 Å². The molecule has 0 aromatic heterocycles. The number of nitrogens with zero attached hydrogens (tertiary/aromatic N) is 1. The number of carbonyl (C=O) groups excluding carboxylic acids is 1. The number of hydrogen-bond acceptors (Lipinski definition) is 4. The minimum atomic E-state index is -0.307. The normalized spacial score (nSPS) is 10.7. The van der Waals surface area contributed by atoms with E-state index in [1.165, 1.54) is 5.56 Å². The zero-order chi connectivity index (χ0) is 18.2. The first-order valence-electron chi connectivity index (χ1n) is 8.23. The molecule has 2 aromatic rings. The molecular weight excluding hydrogens is 316 g/mol. The number of nitrogens with one attached hydrogen (secondary N) is 1. The van der Waals surface area contributed by atoms with Gasteiger partial charge in [0, 0.05) is 0 Å². The molecule has 0 fully saturated rings. The SMILES string of the molecule is CCc1ccc(OCC(=O)N/N=C/c2ccc(OC)c(C)c2C)cc1. The van der Waals surface area contributed by atoms with Gasteiger partial charge in [-0.2, -0.15) is 5.10 Å². The first kappa shape index (κ1) is 18.5. The van der Waals surface area contributed by atoms with E-state index in [-0.39, 0.29) is 12.5 Å². The summed E-state index contributed by atoms with van der Waals surface area (Å²) in [5.74, 6) is 1.19. The van der Waals surface area contributed by atoms with Gasteiger partial charge in [0.15, 0.2) is 6.61 Å². The Kier molecular flexibility index (Phi) is 6.57. The molecule has 0 aliphatic carbocycles. The highest BCUT2D eigenvalue weighted by Gasteiger charge is 2.05. The standard InChI is InChI=1S/C20H24N2O3/c1-5-16-6-9-18(10-7-16)25-13-20(23)22-21-12-17-8-11-19(24-4)15(3)14(17)2/h6-12H,5,13H2,1-4H3,(H,22,23)/b21-12+. The van der Waals surface area contributed by atoms with Gasteiger partial charge in [-0.25, -0.2) is 5.43 Å². The molecule has 2 rings (SSSR count). The Morgan fingerprint density at radius 1 is 1.12 bits per heavy atom. The van der Waals surface area contributed by atoms with Gasteiger partial charge < -0.3 is 9.47 Å². The fourth-order valence-electron chi connectivity index (χ4n) is 2.35. The van der Waals surface area contributed by atoms with Crippen molar-refractivity contribution in [3.63, 3.8) is 0 Å². The van der Waals surface area contributed by atoms with Crippen molar-refractivity contribution >= 4 is 12.1 Å². The summed E-state index contributed by atoms with van der Waals surface area (Å²) in [4.78, 5) is 11.8. The van der Waals surface area contributed by atoms with E-state index in [0.717, 1.165) is 28.9 Å². The van der Waals surface area contributed by atoms with Gasteiger partial charge in [0.25, 0.3) is 5.91 Å². The van der Waals surface area contributed by atoms with Gasteiger partial charge in [-0.15, -0.1) is 0 Å². The summed E-state index contributed by atoms with van der Waals surface area (Å²) < 4.78 is 10.7. The second-order valence-corrected chi connectivity index (χ2v) is 5.69. The molecule has 0 aliphatic rings. The van der Waals surface area contributed by atoms with Crippen LogP contribution < -0.4 is 14.9 Å². The molecule has 0 saturated heterocycles. The van der Waals surface area contributed by atoms with E-state index in [9.17, 15) is 4.79 Å². The lowest BCUT2D eigenvalue weighted by atomic mass is 10.0. The maximum atomic E-state index is 11.8. The van der Waals surface area contributed by atoms with Crippen molar-refractivity contribution in [1.82, 2.24) is 5.43 Å². The van der Waals surface area contributed by atoms with Crippen molar-refractivity contribution < 1.29 is 14.3 Å². The molecule has 0 unspecified atom stereocenters. The van der Waals surface area contributed by atoms with Crippen LogP contribution in [-0.2, 0) is 11.2 Å². The van der Waals surface area contributed by atoms with E-state index < -0.39 is 0 Å². The lowest BCUT2D eigenvalue weighted by molar-refractivity contribution is -0.123. The van der Waals surface area contributed by atoms with Crippen LogP contribution in [0.4, 0.5) is 0 Å². The number of hydrazone groups is 1. The molecule has 0 radical (unpaired) electrons. The summed E-state index contributed by atoms with van der Waals surface area (Å²) in [6.07, 6.45) is 2.59. The molecular formula is C20H24N2O3. The topological polar surface area (TPSA) is 59.9 Å². The number of ether oxygens (including phenoxy) is 2. The quantitative estimate of drug-likeness (QED) is 0.621. The molecule has 0 atom stereocenters. The van der Waals surface area contributed by atoms with Gasteiger partial charge >= 0.3 is 0 Å². The van der Waals surface area contributed by atoms with Crippen LogP contribution in [0.3, 0.4) is 0 Å². The largest absolute Gasteiger partial charge is 0.496 e. The summed E-state index contributed by atoms with van der Waals surface area (Å²) in [5.41, 5.74) is 6.74. The fourth-order valence-corrected chi connectivity index (χ4v) is 2.35. The van der Waals surface area contributed by atoms with Gasteiger partial charge in [0.05, 0.1) is 13.3 Å². The molecule has 25 heavy (non-hydrogen) atoms. The molecule has 0 aliphatic heterocycles. The molecule has 5 heteroatoms. The van der Waals surface area contributed by atoms with Crippen molar-refractivity contribution in [3.8, 4) is 11.5 Å². The molecule has 0 heterocycles. The highest BCUT2D eigenvalue weighted by atomic mass is 16.5. The van der Waals surface area contributed by atoms with Crippen LogP contribution in [0.25, 0.3) is 0 Å². The Morgan fingerprint density at radius 3 is 2.48 bits per heavy atom. The van der Waals surface area contributed by atoms with Gasteiger partial charge in [-0.3, -0.25) is 4.79 Å². The number of carbonyl (C=O) groups is 1. The molecule has 2 aromatic carbocycles. The molecule has 0 saturated carbocycles. The third-order valence-electron chi connectivity index (χ3n) is 4.09. The first-order chi connectivity index (χ1) is 12.0. The fraction of sp³-hybridized carbons (Fsp3) is 0.300. The Labute approximate surface area is 148 Å². The van der Waals surface area contributed by atoms with Crippen molar-refractivity contribution in [1.29, 1.82) is 0 Å². The summed E-state index contributed by atoms with van der Waals surface area (Å²) in [6.45, 7) is 5.99. The van der Waals surface area contributed by atoms with E-state index >= 15 is 0 Å². The average Bonchev–Trinajstić information content (AvgIpc) is 2.64. The average molecular weight is 340 g/mol. The van der Waals surface area contributed by atoms with Crippen LogP contribution >= 0.6 is 0 Å². The number of amides is 1. The second-order valence-electron chi connectivity index (χ2n) is 5.69. The third kappa shape index (κ3) is 5.08. The van der Waals surface area contributed by atoms with Crippen molar-refractivity contribution in [3.05, 3.63) is 58.7 Å². The van der Waals surface area contributed by atoms with E-state index in [4.69, 9.17) is 9.47 Å². The number of rotatable bonds is 7. The van der Waals surface area contributed by atoms with E-state index in [1.807, 2.05) is 50.2 Å². The zero-order valence-electron chi connectivity index (χ0n) is 15.1. The summed E-state index contributed by atoms with van der Waals surface area (Å²) in [7, 11) is 1.64. The van der Waals surface area contributed by atoms with Crippen LogP contribution in [0, 0.1) is 13.8 Å². The maximum Gasteiger partial charge on any atom is 0.277 e. The number of methoxy groups -OCH3 is 1. The summed E-state index contributed by atoms with van der Waals surface area (Å²) >= 11 is 0. The molecule has 1 amide bonds. The number of aryl methyl sites for hydroxylation is 1. The van der Waals surface area contributed by atoms with Crippen LogP contribution in [0.2, 0.25) is 0 Å². The molecule has 132 valence electrons. The van der Waals surface area contributed by atoms with Crippen LogP contribution in [-0.4, -0.2) is 25.8 Å². The van der Waals surface area contributed by atoms with E-state index in [1.54, 1.807) is 13.3 Å². The van der Waals surface area contributed by atoms with Crippen molar-refractivity contribution in [2.24, 2.45) is 5.10 Å². The predicted octanol–water partition coefficient (Wildman–Crippen LogP) is 3.40. The van der Waals surface area contributed by atoms with Gasteiger partial charge in [0.2, 0.25) is 0 Å². The third-order valence-corrected chi connectivity index (χ3v) is 4.09. The Balaban J connectivity index is 1.87. The van der Waals surface area contributed by atoms with Gasteiger partial charge in [-0.05, 0) is 66.8 Å². The van der Waals surface area contributed by atoms with Crippen molar-refractivity contribution in [2.75, 3.05) is 13.7 Å². The molecule has 0 spiro atoms. The number of benzene rings is 2. The zero-order valence-corrected chi connectivity index (χ0v) is 15.1. The van der Waals surface area contributed by atoms with Crippen molar-refractivity contribution in [2.45, 2.75) is 27.2 Å². The molecule has 1 N–H and O–H groups in total. The monoisotopic (exact) mass is 340 g/mol. The predicted molar refractivity (Wildman–Crippen MR) is 99.5 cm³/mol. The van der Waals surface area contributed by atoms with Crippen LogP contribution in [0.1, 0.15) is 29.2 Å². The number of hydrogen-bond donors (Lipinski definition) is 1. The molecule has 5 nitrogen and oxygen atoms in total. The maximum absolute atomic E-state index is 11.8. The highest BCUT2D eigenvalue weighted by Crippen LogP contribution is 2.22. The van der Waals surface area contributed by atoms with Gasteiger partial charge in [0.1, 0.15) is 11.5 Å². The highest BCUT2D eigenvalue weighted by molar-refractivity contribution is 5.85. The van der Waals surface area contributed by atoms with Crippen LogP contribution in [0.5, 0.6) is 11.5 Å². The smallest absolute Gasteiger partial charge is 0.277 e. The Morgan fingerprint density at radius 2 is 1.84 bits per heavy atom. The Bertz CT molecular complexity index is 752. The van der Waals surface area contributed by atoms with Crippen LogP contribution in [0.15, 0.2) is 41.5 Å².